The molecule has 0 saturated carbocycles. The zero-order valence-corrected chi connectivity index (χ0v) is 22.3. The molecule has 0 fully saturated rings. The molecule has 6 N–H and O–H groups in total. The smallest absolute Gasteiger partial charge is 0.345 e. The largest absolute Gasteiger partial charge is 0.480 e. The Labute approximate surface area is 237 Å². The fourth-order valence-electron chi connectivity index (χ4n) is 3.74. The highest BCUT2D eigenvalue weighted by atomic mass is 35.5. The zero-order chi connectivity index (χ0) is 28.1. The molecule has 11 nitrogen and oxygen atoms in total. The molecule has 0 bridgehead atoms. The number of hydrogen-bond donors (Lipinski definition) is 4. The van der Waals surface area contributed by atoms with Gasteiger partial charge < -0.3 is 31.3 Å². The zero-order valence-electron chi connectivity index (χ0n) is 20.6. The van der Waals surface area contributed by atoms with Gasteiger partial charge in [-0.2, -0.15) is 0 Å². The maximum absolute atomic E-state index is 13.2. The topological polar surface area (TPSA) is 186 Å². The second kappa shape index (κ2) is 12.7. The normalized spacial score (nSPS) is 10.3. The first-order valence-electron chi connectivity index (χ1n) is 11.4. The summed E-state index contributed by atoms with van der Waals surface area (Å²) < 4.78 is 5.47. The molecule has 0 atom stereocenters. The lowest BCUT2D eigenvalue weighted by molar-refractivity contribution is -0.137. The minimum Gasteiger partial charge on any atom is -0.480 e. The van der Waals surface area contributed by atoms with E-state index in [9.17, 15) is 24.3 Å². The molecule has 1 aromatic heterocycles. The molecule has 0 aliphatic rings. The van der Waals surface area contributed by atoms with Crippen molar-refractivity contribution in [1.29, 1.82) is 0 Å². The highest BCUT2D eigenvalue weighted by Crippen LogP contribution is 2.25. The molecule has 13 heteroatoms. The van der Waals surface area contributed by atoms with Gasteiger partial charge in [0.1, 0.15) is 17.2 Å². The molecule has 1 amide bonds. The van der Waals surface area contributed by atoms with Crippen LogP contribution in [0.15, 0.2) is 77.1 Å². The van der Waals surface area contributed by atoms with Crippen LogP contribution in [0.2, 0.25) is 0 Å². The Hall–Kier alpha value is -4.94. The highest BCUT2D eigenvalue weighted by molar-refractivity contribution is 7.12. The number of nitrogens with two attached hydrogens (primary N) is 2. The number of thiophene rings is 1. The van der Waals surface area contributed by atoms with E-state index in [0.717, 1.165) is 16.2 Å². The van der Waals surface area contributed by atoms with Gasteiger partial charge in [-0.05, 0) is 76.3 Å². The second-order valence-electron chi connectivity index (χ2n) is 8.38. The predicted octanol–water partition coefficient (Wildman–Crippen LogP) is 3.87. The lowest BCUT2D eigenvalue weighted by atomic mass is 10.1. The molecule has 4 rings (SSSR count). The summed E-state index contributed by atoms with van der Waals surface area (Å²) in [6.07, 6.45) is 0. The minimum absolute atomic E-state index is 0. The van der Waals surface area contributed by atoms with Gasteiger partial charge in [0.05, 0.1) is 11.3 Å². The van der Waals surface area contributed by atoms with Crippen LogP contribution in [0.4, 0.5) is 5.69 Å². The van der Waals surface area contributed by atoms with Crippen molar-refractivity contribution >= 4 is 70.0 Å². The molecule has 206 valence electrons. The molecule has 3 aromatic carbocycles. The summed E-state index contributed by atoms with van der Waals surface area (Å²) in [5.41, 5.74) is 12.2. The predicted molar refractivity (Wildman–Crippen MR) is 152 cm³/mol. The van der Waals surface area contributed by atoms with Crippen LogP contribution in [0.1, 0.15) is 36.0 Å². The van der Waals surface area contributed by atoms with Crippen molar-refractivity contribution in [2.45, 2.75) is 6.54 Å². The number of carbonyl (C=O) groups is 4. The van der Waals surface area contributed by atoms with E-state index in [1.807, 2.05) is 0 Å². The number of ether oxygens (including phenoxy) is 1. The SMILES string of the molecule is Cl.NC(N)=Nc1ccc(C(=O)Oc2ccc3cc(C(=O)N(CC(=O)O)Cc4csc(C(=O)O)c4)ccc3c2)cc1. The Bertz CT molecular complexity index is 1610. The number of halogens is 1. The lowest BCUT2D eigenvalue weighted by Crippen LogP contribution is -2.35. The first-order valence-corrected chi connectivity index (χ1v) is 12.2. The fourth-order valence-corrected chi connectivity index (χ4v) is 4.48. The van der Waals surface area contributed by atoms with E-state index in [0.29, 0.717) is 33.3 Å². The maximum Gasteiger partial charge on any atom is 0.345 e. The number of guanidine groups is 1. The number of fused-ring (bicyclic) bond motifs is 1. The van der Waals surface area contributed by atoms with Crippen LogP contribution in [-0.2, 0) is 11.3 Å². The molecule has 0 saturated heterocycles. The summed E-state index contributed by atoms with van der Waals surface area (Å²) in [6.45, 7) is -0.619. The molecular weight excluding hydrogens is 560 g/mol. The van der Waals surface area contributed by atoms with Gasteiger partial charge in [-0.25, -0.2) is 14.6 Å². The molecule has 40 heavy (non-hydrogen) atoms. The lowest BCUT2D eigenvalue weighted by Gasteiger charge is -2.20. The minimum atomic E-state index is -1.20. The van der Waals surface area contributed by atoms with Crippen molar-refractivity contribution in [3.63, 3.8) is 0 Å². The van der Waals surface area contributed by atoms with Crippen molar-refractivity contribution < 1.29 is 34.1 Å². The number of hydrogen-bond acceptors (Lipinski definition) is 7. The summed E-state index contributed by atoms with van der Waals surface area (Å²) >= 11 is 0.999. The summed E-state index contributed by atoms with van der Waals surface area (Å²) in [5, 5.41) is 21.4. The monoisotopic (exact) mass is 582 g/mol. The van der Waals surface area contributed by atoms with Crippen molar-refractivity contribution in [3.05, 3.63) is 93.7 Å². The van der Waals surface area contributed by atoms with E-state index in [1.54, 1.807) is 53.9 Å². The number of carbonyl (C=O) groups excluding carboxylic acids is 2. The Morgan fingerprint density at radius 3 is 2.15 bits per heavy atom. The number of benzene rings is 3. The average Bonchev–Trinajstić information content (AvgIpc) is 3.36. The summed E-state index contributed by atoms with van der Waals surface area (Å²) in [7, 11) is 0. The number of carboxylic acids is 2. The van der Waals surface area contributed by atoms with Crippen LogP contribution in [0, 0.1) is 0 Å². The summed E-state index contributed by atoms with van der Waals surface area (Å²) in [6, 6.07) is 17.3. The maximum atomic E-state index is 13.2. The van der Waals surface area contributed by atoms with E-state index in [-0.39, 0.29) is 35.4 Å². The van der Waals surface area contributed by atoms with Crippen LogP contribution < -0.4 is 16.2 Å². The van der Waals surface area contributed by atoms with Gasteiger partial charge in [0.2, 0.25) is 0 Å². The number of aliphatic imine (C=N–C) groups is 1. The van der Waals surface area contributed by atoms with Gasteiger partial charge in [0.15, 0.2) is 5.96 Å². The Balaban J connectivity index is 0.00000441. The van der Waals surface area contributed by atoms with Gasteiger partial charge in [-0.15, -0.1) is 23.7 Å². The first kappa shape index (κ1) is 29.6. The Morgan fingerprint density at radius 1 is 0.875 bits per heavy atom. The molecule has 0 aliphatic heterocycles. The number of esters is 1. The standard InChI is InChI=1S/C27H22N4O7S.ClH/c28-27(29)30-20-6-3-16(4-7-20)26(37)38-21-8-5-17-10-19(2-1-18(17)11-21)24(34)31(13-23(32)33)12-15-9-22(25(35)36)39-14-15;/h1-11,14H,12-13H2,(H,32,33)(H,35,36)(H4,28,29,30);1H. The Kier molecular flexibility index (Phi) is 9.43. The number of amides is 1. The van der Waals surface area contributed by atoms with Gasteiger partial charge in [0, 0.05) is 12.1 Å². The van der Waals surface area contributed by atoms with E-state index in [2.05, 4.69) is 4.99 Å². The number of rotatable bonds is 9. The van der Waals surface area contributed by atoms with Crippen molar-refractivity contribution in [2.75, 3.05) is 6.54 Å². The quantitative estimate of drug-likeness (QED) is 0.0983. The van der Waals surface area contributed by atoms with Crippen LogP contribution in [0.25, 0.3) is 10.8 Å². The van der Waals surface area contributed by atoms with Crippen LogP contribution in [-0.4, -0.2) is 51.4 Å². The van der Waals surface area contributed by atoms with E-state index < -0.39 is 30.4 Å². The Morgan fingerprint density at radius 2 is 1.52 bits per heavy atom. The van der Waals surface area contributed by atoms with Crippen molar-refractivity contribution in [1.82, 2.24) is 4.90 Å². The van der Waals surface area contributed by atoms with Gasteiger partial charge in [0.25, 0.3) is 5.91 Å². The third-order valence-electron chi connectivity index (χ3n) is 5.48. The van der Waals surface area contributed by atoms with Gasteiger partial charge in [-0.3, -0.25) is 9.59 Å². The van der Waals surface area contributed by atoms with E-state index in [1.165, 1.54) is 18.2 Å². The fraction of sp³-hybridized carbons (Fsp3) is 0.0741. The third kappa shape index (κ3) is 7.34. The molecular formula is C27H23ClN4O7S. The number of nitrogens with zero attached hydrogens (tertiary/aromatic N) is 2. The summed E-state index contributed by atoms with van der Waals surface area (Å²) in [4.78, 5) is 53.4. The van der Waals surface area contributed by atoms with Crippen molar-refractivity contribution in [3.8, 4) is 5.75 Å². The first-order chi connectivity index (χ1) is 18.6. The number of aromatic carboxylic acids is 1. The number of aliphatic carboxylic acids is 1. The molecule has 1 heterocycles. The molecule has 0 spiro atoms. The second-order valence-corrected chi connectivity index (χ2v) is 9.29. The molecule has 0 unspecified atom stereocenters. The molecule has 0 aliphatic carbocycles. The van der Waals surface area contributed by atoms with Gasteiger partial charge in [-0.1, -0.05) is 12.1 Å². The van der Waals surface area contributed by atoms with E-state index in [4.69, 9.17) is 21.3 Å². The van der Waals surface area contributed by atoms with Gasteiger partial charge >= 0.3 is 17.9 Å². The average molecular weight is 583 g/mol. The third-order valence-corrected chi connectivity index (χ3v) is 6.45. The molecule has 4 aromatic rings. The van der Waals surface area contributed by atoms with E-state index >= 15 is 0 Å². The molecule has 0 radical (unpaired) electrons. The van der Waals surface area contributed by atoms with Crippen molar-refractivity contribution in [2.24, 2.45) is 16.5 Å². The summed E-state index contributed by atoms with van der Waals surface area (Å²) in [5.74, 6) is -3.21. The number of carboxylic acid groups (broad SMARTS) is 2. The van der Waals surface area contributed by atoms with Crippen LogP contribution >= 0.6 is 23.7 Å². The van der Waals surface area contributed by atoms with Crippen LogP contribution in [0.5, 0.6) is 5.75 Å². The van der Waals surface area contributed by atoms with Crippen LogP contribution in [0.3, 0.4) is 0 Å². The highest BCUT2D eigenvalue weighted by Gasteiger charge is 2.21.